The van der Waals surface area contributed by atoms with Gasteiger partial charge in [0.05, 0.1) is 16.5 Å². The lowest BCUT2D eigenvalue weighted by molar-refractivity contribution is 0.444. The summed E-state index contributed by atoms with van der Waals surface area (Å²) in [6.07, 6.45) is 6.29. The van der Waals surface area contributed by atoms with Gasteiger partial charge >= 0.3 is 0 Å². The minimum atomic E-state index is -1.91. The average Bonchev–Trinajstić information content (AvgIpc) is 2.46. The van der Waals surface area contributed by atoms with E-state index in [1.807, 2.05) is 0 Å². The van der Waals surface area contributed by atoms with E-state index in [2.05, 4.69) is 5.32 Å². The van der Waals surface area contributed by atoms with Gasteiger partial charge < -0.3 is 5.32 Å². The van der Waals surface area contributed by atoms with E-state index in [1.54, 1.807) is 6.92 Å². The normalized spacial score (nSPS) is 17.8. The fourth-order valence-corrected chi connectivity index (χ4v) is 3.59. The van der Waals surface area contributed by atoms with Crippen molar-refractivity contribution in [2.24, 2.45) is 0 Å². The molecule has 1 N–H and O–H groups in total. The van der Waals surface area contributed by atoms with Crippen LogP contribution in [0.25, 0.3) is 0 Å². The molecule has 1 atom stereocenters. The first-order chi connectivity index (χ1) is 9.97. The topological polar surface area (TPSA) is 29.1 Å². The molecule has 2 nitrogen and oxygen atoms in total. The average molecular weight is 319 g/mol. The molecule has 1 aliphatic carbocycles. The van der Waals surface area contributed by atoms with Crippen molar-refractivity contribution in [2.75, 3.05) is 11.6 Å². The summed E-state index contributed by atoms with van der Waals surface area (Å²) in [5.41, 5.74) is -0.0294. The number of hydrogen-bond acceptors (Lipinski definition) is 2. The van der Waals surface area contributed by atoms with Crippen molar-refractivity contribution in [3.63, 3.8) is 0 Å². The standard InChI is InChI=1S/C15H20F3NOS/c1-3-10-11(16)15(21(2)20)13(18)12(17)14(10)19-9-7-5-4-6-8-9/h9,19H,3-8H2,1-2H3. The molecule has 1 aromatic carbocycles. The summed E-state index contributed by atoms with van der Waals surface area (Å²) in [6.45, 7) is 1.67. The van der Waals surface area contributed by atoms with Crippen molar-refractivity contribution < 1.29 is 17.4 Å². The Hall–Kier alpha value is -1.04. The Morgan fingerprint density at radius 2 is 1.71 bits per heavy atom. The maximum atomic E-state index is 14.3. The molecule has 0 heterocycles. The second-order valence-corrected chi connectivity index (χ2v) is 6.73. The second kappa shape index (κ2) is 6.81. The van der Waals surface area contributed by atoms with Gasteiger partial charge in [0.15, 0.2) is 11.6 Å². The molecule has 0 spiro atoms. The largest absolute Gasteiger partial charge is 0.380 e. The van der Waals surface area contributed by atoms with Gasteiger partial charge in [0, 0.05) is 17.9 Å². The van der Waals surface area contributed by atoms with E-state index in [0.717, 1.165) is 38.4 Å². The van der Waals surface area contributed by atoms with E-state index >= 15 is 0 Å². The van der Waals surface area contributed by atoms with Crippen LogP contribution in [0.5, 0.6) is 0 Å². The fraction of sp³-hybridized carbons (Fsp3) is 0.600. The number of rotatable bonds is 4. The zero-order valence-electron chi connectivity index (χ0n) is 12.3. The predicted octanol–water partition coefficient (Wildman–Crippen LogP) is 4.15. The third-order valence-corrected chi connectivity index (χ3v) is 4.91. The van der Waals surface area contributed by atoms with Gasteiger partial charge in [-0.2, -0.15) is 0 Å². The van der Waals surface area contributed by atoms with Crippen molar-refractivity contribution in [2.45, 2.75) is 56.4 Å². The lowest BCUT2D eigenvalue weighted by atomic mass is 9.94. The molecule has 118 valence electrons. The highest BCUT2D eigenvalue weighted by molar-refractivity contribution is 7.84. The van der Waals surface area contributed by atoms with Crippen LogP contribution >= 0.6 is 0 Å². The fourth-order valence-electron chi connectivity index (χ4n) is 2.87. The van der Waals surface area contributed by atoms with Crippen LogP contribution in [0, 0.1) is 17.5 Å². The molecule has 0 aromatic heterocycles. The van der Waals surface area contributed by atoms with Crippen LogP contribution in [0.2, 0.25) is 0 Å². The molecule has 0 aliphatic heterocycles. The van der Waals surface area contributed by atoms with Crippen molar-refractivity contribution in [3.05, 3.63) is 23.0 Å². The lowest BCUT2D eigenvalue weighted by Crippen LogP contribution is -2.24. The Labute approximate surface area is 125 Å². The van der Waals surface area contributed by atoms with Gasteiger partial charge in [-0.3, -0.25) is 4.21 Å². The third kappa shape index (κ3) is 3.25. The molecule has 1 saturated carbocycles. The van der Waals surface area contributed by atoms with Gasteiger partial charge in [-0.1, -0.05) is 26.2 Å². The zero-order valence-corrected chi connectivity index (χ0v) is 13.1. The second-order valence-electron chi connectivity index (χ2n) is 5.41. The SMILES string of the molecule is CCc1c(F)c(S(C)=O)c(F)c(F)c1NC1CCCCC1. The van der Waals surface area contributed by atoms with Gasteiger partial charge in [0.25, 0.3) is 0 Å². The van der Waals surface area contributed by atoms with E-state index < -0.39 is 33.1 Å². The summed E-state index contributed by atoms with van der Waals surface area (Å²) in [7, 11) is -1.91. The van der Waals surface area contributed by atoms with E-state index in [1.165, 1.54) is 0 Å². The van der Waals surface area contributed by atoms with Gasteiger partial charge in [-0.15, -0.1) is 0 Å². The third-order valence-electron chi connectivity index (χ3n) is 3.97. The van der Waals surface area contributed by atoms with Gasteiger partial charge in [-0.25, -0.2) is 13.2 Å². The molecule has 0 amide bonds. The Morgan fingerprint density at radius 3 is 2.24 bits per heavy atom. The highest BCUT2D eigenvalue weighted by atomic mass is 32.2. The van der Waals surface area contributed by atoms with Gasteiger partial charge in [-0.05, 0) is 19.3 Å². The molecule has 0 bridgehead atoms. The maximum absolute atomic E-state index is 14.3. The Morgan fingerprint density at radius 1 is 1.10 bits per heavy atom. The first kappa shape index (κ1) is 16.3. The number of hydrogen-bond donors (Lipinski definition) is 1. The quantitative estimate of drug-likeness (QED) is 0.845. The highest BCUT2D eigenvalue weighted by Gasteiger charge is 2.27. The van der Waals surface area contributed by atoms with Crippen molar-refractivity contribution in [1.29, 1.82) is 0 Å². The van der Waals surface area contributed by atoms with Crippen molar-refractivity contribution in [1.82, 2.24) is 0 Å². The molecule has 1 aromatic rings. The maximum Gasteiger partial charge on any atom is 0.183 e. The van der Waals surface area contributed by atoms with Gasteiger partial charge in [0.2, 0.25) is 0 Å². The first-order valence-electron chi connectivity index (χ1n) is 7.26. The number of benzene rings is 1. The molecule has 21 heavy (non-hydrogen) atoms. The van der Waals surface area contributed by atoms with E-state index in [-0.39, 0.29) is 23.7 Å². The smallest absolute Gasteiger partial charge is 0.183 e. The Bertz CT molecular complexity index is 557. The number of halogens is 3. The van der Waals surface area contributed by atoms with Crippen molar-refractivity contribution in [3.8, 4) is 0 Å². The summed E-state index contributed by atoms with van der Waals surface area (Å²) in [4.78, 5) is -0.668. The molecule has 0 saturated heterocycles. The molecule has 1 aliphatic rings. The van der Waals surface area contributed by atoms with Crippen LogP contribution in [0.15, 0.2) is 4.90 Å². The molecule has 6 heteroatoms. The van der Waals surface area contributed by atoms with E-state index in [0.29, 0.717) is 0 Å². The van der Waals surface area contributed by atoms with Crippen LogP contribution in [0.1, 0.15) is 44.6 Å². The predicted molar refractivity (Wildman–Crippen MR) is 78.5 cm³/mol. The Kier molecular flexibility index (Phi) is 5.30. The molecule has 0 radical (unpaired) electrons. The number of anilines is 1. The summed E-state index contributed by atoms with van der Waals surface area (Å²) >= 11 is 0. The minimum Gasteiger partial charge on any atom is -0.380 e. The lowest BCUT2D eigenvalue weighted by Gasteiger charge is -2.26. The molecule has 1 fully saturated rings. The van der Waals surface area contributed by atoms with Gasteiger partial charge in [0.1, 0.15) is 10.7 Å². The summed E-state index contributed by atoms with van der Waals surface area (Å²) < 4.78 is 54.1. The minimum absolute atomic E-state index is 0.0373. The summed E-state index contributed by atoms with van der Waals surface area (Å²) in [6, 6.07) is 0.0373. The summed E-state index contributed by atoms with van der Waals surface area (Å²) in [5, 5.41) is 2.96. The van der Waals surface area contributed by atoms with E-state index in [4.69, 9.17) is 0 Å². The monoisotopic (exact) mass is 319 g/mol. The van der Waals surface area contributed by atoms with Crippen LogP contribution in [0.3, 0.4) is 0 Å². The Balaban J connectivity index is 2.47. The van der Waals surface area contributed by atoms with Crippen LogP contribution in [0.4, 0.5) is 18.9 Å². The van der Waals surface area contributed by atoms with Crippen LogP contribution < -0.4 is 5.32 Å². The highest BCUT2D eigenvalue weighted by Crippen LogP contribution is 2.33. The van der Waals surface area contributed by atoms with Crippen LogP contribution in [-0.2, 0) is 17.2 Å². The molecule has 2 rings (SSSR count). The van der Waals surface area contributed by atoms with Crippen molar-refractivity contribution >= 4 is 16.5 Å². The first-order valence-corrected chi connectivity index (χ1v) is 8.82. The molecule has 1 unspecified atom stereocenters. The van der Waals surface area contributed by atoms with E-state index in [9.17, 15) is 17.4 Å². The van der Waals surface area contributed by atoms with Crippen LogP contribution in [-0.4, -0.2) is 16.5 Å². The zero-order chi connectivity index (χ0) is 15.6. The number of nitrogens with one attached hydrogen (secondary N) is 1. The molecular formula is C15H20F3NOS. The summed E-state index contributed by atoms with van der Waals surface area (Å²) in [5.74, 6) is -3.36. The molecular weight excluding hydrogens is 299 g/mol.